The van der Waals surface area contributed by atoms with E-state index in [4.69, 9.17) is 14.6 Å². The zero-order chi connectivity index (χ0) is 22.5. The average Bonchev–Trinajstić information content (AvgIpc) is 2.55. The topological polar surface area (TPSA) is 89.9 Å². The molecule has 0 heterocycles. The van der Waals surface area contributed by atoms with Crippen LogP contribution in [0.15, 0.2) is 36.5 Å². The van der Waals surface area contributed by atoms with Crippen LogP contribution < -0.4 is 0 Å². The molecule has 0 atom stereocenters. The van der Waals surface area contributed by atoms with E-state index < -0.39 is 11.6 Å². The lowest BCUT2D eigenvalue weighted by atomic mass is 9.98. The van der Waals surface area contributed by atoms with Gasteiger partial charge in [0, 0.05) is 16.7 Å². The molecule has 0 amide bonds. The number of rotatable bonds is 4. The molecule has 0 aliphatic heterocycles. The van der Waals surface area contributed by atoms with Crippen molar-refractivity contribution in [3.63, 3.8) is 0 Å². The van der Waals surface area contributed by atoms with Crippen LogP contribution in [-0.4, -0.2) is 34.7 Å². The van der Waals surface area contributed by atoms with E-state index in [1.54, 1.807) is 13.8 Å². The zero-order valence-corrected chi connectivity index (χ0v) is 18.2. The molecule has 1 aliphatic carbocycles. The van der Waals surface area contributed by atoms with Gasteiger partial charge in [0.15, 0.2) is 0 Å². The van der Waals surface area contributed by atoms with Crippen molar-refractivity contribution in [2.45, 2.75) is 85.4 Å². The number of carboxylic acids is 1. The molecular weight excluding hydrogens is 360 g/mol. The fourth-order valence-corrected chi connectivity index (χ4v) is 1.80. The minimum atomic E-state index is -0.935. The van der Waals surface area contributed by atoms with Crippen molar-refractivity contribution in [2.24, 2.45) is 0 Å². The molecule has 0 bridgehead atoms. The maximum atomic E-state index is 11.1. The minimum absolute atomic E-state index is 0.156. The standard InChI is InChI=1S/C10H16O2.C8H14O2.C4H6O2/c1-8(2)10(11)12-9-6-4-3-5-7-9;1-6(2)7(9)10-8(3,4)5;1-3(2)4(5)6/h9H,1,3-7H2,2H3;1H2,2-5H3;1H2,2H3,(H,5,6). The van der Waals surface area contributed by atoms with E-state index in [1.165, 1.54) is 26.2 Å². The summed E-state index contributed by atoms with van der Waals surface area (Å²) in [5, 5.41) is 7.89. The number of ether oxygens (including phenoxy) is 2. The number of carbonyl (C=O) groups excluding carboxylic acids is 2. The first-order valence-corrected chi connectivity index (χ1v) is 9.31. The normalized spacial score (nSPS) is 13.5. The largest absolute Gasteiger partial charge is 0.478 e. The van der Waals surface area contributed by atoms with Crippen LogP contribution in [0.5, 0.6) is 0 Å². The van der Waals surface area contributed by atoms with Crippen LogP contribution in [0.4, 0.5) is 0 Å². The zero-order valence-electron chi connectivity index (χ0n) is 18.2. The van der Waals surface area contributed by atoms with Gasteiger partial charge in [0.1, 0.15) is 11.7 Å². The second-order valence-electron chi connectivity index (χ2n) is 7.81. The fraction of sp³-hybridized carbons (Fsp3) is 0.591. The van der Waals surface area contributed by atoms with Gasteiger partial charge in [0.05, 0.1) is 0 Å². The van der Waals surface area contributed by atoms with Crippen molar-refractivity contribution in [1.29, 1.82) is 0 Å². The highest BCUT2D eigenvalue weighted by atomic mass is 16.6. The minimum Gasteiger partial charge on any atom is -0.478 e. The van der Waals surface area contributed by atoms with Gasteiger partial charge in [0.2, 0.25) is 0 Å². The Hall–Kier alpha value is -2.37. The second-order valence-corrected chi connectivity index (χ2v) is 7.81. The molecule has 0 aromatic rings. The molecule has 0 spiro atoms. The van der Waals surface area contributed by atoms with Gasteiger partial charge in [-0.15, -0.1) is 0 Å². The summed E-state index contributed by atoms with van der Waals surface area (Å²) in [5.41, 5.74) is 0.709. The molecule has 28 heavy (non-hydrogen) atoms. The molecular formula is C22H36O6. The maximum Gasteiger partial charge on any atom is 0.333 e. The average molecular weight is 397 g/mol. The highest BCUT2D eigenvalue weighted by Gasteiger charge is 2.17. The van der Waals surface area contributed by atoms with Gasteiger partial charge < -0.3 is 14.6 Å². The summed E-state index contributed by atoms with van der Waals surface area (Å²) in [6.45, 7) is 20.4. The highest BCUT2D eigenvalue weighted by molar-refractivity contribution is 5.87. The van der Waals surface area contributed by atoms with Crippen LogP contribution in [-0.2, 0) is 23.9 Å². The van der Waals surface area contributed by atoms with E-state index >= 15 is 0 Å². The van der Waals surface area contributed by atoms with Crippen LogP contribution in [0.1, 0.15) is 73.6 Å². The van der Waals surface area contributed by atoms with Crippen molar-refractivity contribution >= 4 is 17.9 Å². The summed E-state index contributed by atoms with van der Waals surface area (Å²) < 4.78 is 10.2. The lowest BCUT2D eigenvalue weighted by Gasteiger charge is -2.21. The molecule has 0 radical (unpaired) electrons. The van der Waals surface area contributed by atoms with Crippen LogP contribution in [0.25, 0.3) is 0 Å². The van der Waals surface area contributed by atoms with Crippen LogP contribution in [0.2, 0.25) is 0 Å². The lowest BCUT2D eigenvalue weighted by Crippen LogP contribution is -2.23. The Balaban J connectivity index is 0. The molecule has 1 N–H and O–H groups in total. The summed E-state index contributed by atoms with van der Waals surface area (Å²) in [6.07, 6.45) is 5.87. The first-order valence-electron chi connectivity index (χ1n) is 9.31. The Morgan fingerprint density at radius 2 is 1.21 bits per heavy atom. The van der Waals surface area contributed by atoms with Crippen LogP contribution in [0.3, 0.4) is 0 Å². The molecule has 0 aromatic carbocycles. The molecule has 0 saturated heterocycles. The summed E-state index contributed by atoms with van der Waals surface area (Å²) in [5.74, 6) is -1.50. The molecule has 0 aromatic heterocycles. The number of esters is 2. The van der Waals surface area contributed by atoms with E-state index in [-0.39, 0.29) is 23.6 Å². The van der Waals surface area contributed by atoms with E-state index in [9.17, 15) is 14.4 Å². The van der Waals surface area contributed by atoms with Crippen molar-refractivity contribution < 1.29 is 29.0 Å². The third-order valence-corrected chi connectivity index (χ3v) is 3.29. The number of carbonyl (C=O) groups is 3. The van der Waals surface area contributed by atoms with E-state index in [2.05, 4.69) is 19.7 Å². The number of carboxylic acid groups (broad SMARTS) is 1. The fourth-order valence-electron chi connectivity index (χ4n) is 1.80. The van der Waals surface area contributed by atoms with E-state index in [0.29, 0.717) is 11.1 Å². The first-order chi connectivity index (χ1) is 12.7. The maximum absolute atomic E-state index is 11.1. The first kappa shape index (κ1) is 27.8. The van der Waals surface area contributed by atoms with Gasteiger partial charge >= 0.3 is 17.9 Å². The Labute approximate surface area is 169 Å². The lowest BCUT2D eigenvalue weighted by molar-refractivity contribution is -0.150. The number of hydrogen-bond donors (Lipinski definition) is 1. The molecule has 6 heteroatoms. The SMILES string of the molecule is C=C(C)C(=O)O.C=C(C)C(=O)OC(C)(C)C.C=C(C)C(=O)OC1CCCCC1. The molecule has 1 saturated carbocycles. The molecule has 1 rings (SSSR count). The summed E-state index contributed by atoms with van der Waals surface area (Å²) in [7, 11) is 0. The van der Waals surface area contributed by atoms with E-state index in [1.807, 2.05) is 20.8 Å². The summed E-state index contributed by atoms with van der Waals surface area (Å²) in [6, 6.07) is 0. The van der Waals surface area contributed by atoms with Crippen LogP contribution in [0, 0.1) is 0 Å². The smallest absolute Gasteiger partial charge is 0.333 e. The Kier molecular flexibility index (Phi) is 13.7. The predicted molar refractivity (Wildman–Crippen MR) is 111 cm³/mol. The molecule has 1 aliphatic rings. The van der Waals surface area contributed by atoms with E-state index in [0.717, 1.165) is 12.8 Å². The van der Waals surface area contributed by atoms with Crippen molar-refractivity contribution in [3.8, 4) is 0 Å². The van der Waals surface area contributed by atoms with Gasteiger partial charge in [-0.05, 0) is 67.2 Å². The Morgan fingerprint density at radius 1 is 0.821 bits per heavy atom. The third-order valence-electron chi connectivity index (χ3n) is 3.29. The highest BCUT2D eigenvalue weighted by Crippen LogP contribution is 2.20. The molecule has 1 fully saturated rings. The third kappa shape index (κ3) is 17.1. The second kappa shape index (κ2) is 13.7. The van der Waals surface area contributed by atoms with Crippen LogP contribution >= 0.6 is 0 Å². The Morgan fingerprint density at radius 3 is 1.46 bits per heavy atom. The summed E-state index contributed by atoms with van der Waals surface area (Å²) >= 11 is 0. The predicted octanol–water partition coefficient (Wildman–Crippen LogP) is 4.99. The monoisotopic (exact) mass is 396 g/mol. The van der Waals surface area contributed by atoms with Crippen molar-refractivity contribution in [3.05, 3.63) is 36.5 Å². The van der Waals surface area contributed by atoms with Crippen molar-refractivity contribution in [2.75, 3.05) is 0 Å². The Bertz CT molecular complexity index is 562. The summed E-state index contributed by atoms with van der Waals surface area (Å²) in [4.78, 5) is 31.5. The van der Waals surface area contributed by atoms with Gasteiger partial charge in [-0.25, -0.2) is 14.4 Å². The van der Waals surface area contributed by atoms with Gasteiger partial charge in [-0.2, -0.15) is 0 Å². The van der Waals surface area contributed by atoms with Crippen molar-refractivity contribution in [1.82, 2.24) is 0 Å². The quantitative estimate of drug-likeness (QED) is 0.532. The molecule has 6 nitrogen and oxygen atoms in total. The van der Waals surface area contributed by atoms with Gasteiger partial charge in [-0.1, -0.05) is 26.2 Å². The van der Waals surface area contributed by atoms with Gasteiger partial charge in [-0.3, -0.25) is 0 Å². The number of hydrogen-bond acceptors (Lipinski definition) is 5. The molecule has 160 valence electrons. The van der Waals surface area contributed by atoms with Gasteiger partial charge in [0.25, 0.3) is 0 Å². The number of aliphatic carboxylic acids is 1. The molecule has 0 unspecified atom stereocenters.